The standard InChI is InChI=1S/C27H27F3N7O6P/c1-31-25(39)19-11-17(18-12-33-37(14-18)8-3-9-38)5-7-21(19)34-24-20(27(28,29)30)13-32-26(36-24)35-22-6-4-16(10-23(22)42-2)15-43-44(40)41/h4-7,10-14,38H,3,8-9,15H2,1-2H3,(H3-,31,32,34,35,36,39,40,41)/p+1. The van der Waals surface area contributed by atoms with Gasteiger partial charge >= 0.3 is 14.4 Å². The summed E-state index contributed by atoms with van der Waals surface area (Å²) in [5, 5.41) is 21.2. The van der Waals surface area contributed by atoms with Crippen molar-refractivity contribution >= 4 is 37.3 Å². The molecule has 1 unspecified atom stereocenters. The Kier molecular flexibility index (Phi) is 10.4. The number of aromatic nitrogens is 4. The highest BCUT2D eigenvalue weighted by molar-refractivity contribution is 7.32. The van der Waals surface area contributed by atoms with Crippen molar-refractivity contribution in [1.29, 1.82) is 0 Å². The largest absolute Gasteiger partial charge is 0.695 e. The number of methoxy groups -OCH3 is 1. The Morgan fingerprint density at radius 2 is 1.86 bits per heavy atom. The quantitative estimate of drug-likeness (QED) is 0.128. The zero-order chi connectivity index (χ0) is 31.9. The van der Waals surface area contributed by atoms with Gasteiger partial charge in [-0.3, -0.25) is 9.48 Å². The number of aliphatic hydroxyl groups excluding tert-OH is 1. The lowest BCUT2D eigenvalue weighted by Crippen LogP contribution is -2.20. The lowest BCUT2D eigenvalue weighted by molar-refractivity contribution is -0.137. The second-order valence-electron chi connectivity index (χ2n) is 9.16. The monoisotopic (exact) mass is 634 g/mol. The minimum absolute atomic E-state index is 0.00164. The number of ether oxygens (including phenoxy) is 1. The van der Waals surface area contributed by atoms with Crippen molar-refractivity contribution in [3.63, 3.8) is 0 Å². The molecule has 5 N–H and O–H groups in total. The Bertz CT molecular complexity index is 1650. The number of benzene rings is 2. The van der Waals surface area contributed by atoms with Crippen molar-refractivity contribution in [3.8, 4) is 16.9 Å². The van der Waals surface area contributed by atoms with E-state index in [0.717, 1.165) is 0 Å². The predicted molar refractivity (Wildman–Crippen MR) is 154 cm³/mol. The van der Waals surface area contributed by atoms with Crippen LogP contribution in [0.5, 0.6) is 5.75 Å². The summed E-state index contributed by atoms with van der Waals surface area (Å²) in [6.45, 7) is 0.312. The summed E-state index contributed by atoms with van der Waals surface area (Å²) in [5.74, 6) is -1.13. The number of hydrogen-bond acceptors (Lipinski definition) is 10. The highest BCUT2D eigenvalue weighted by atomic mass is 31.1. The van der Waals surface area contributed by atoms with Crippen molar-refractivity contribution in [2.45, 2.75) is 25.7 Å². The number of nitrogens with zero attached hydrogens (tertiary/aromatic N) is 4. The van der Waals surface area contributed by atoms with Crippen LogP contribution < -0.4 is 20.7 Å². The van der Waals surface area contributed by atoms with Crippen LogP contribution in [0.3, 0.4) is 0 Å². The minimum atomic E-state index is -4.83. The summed E-state index contributed by atoms with van der Waals surface area (Å²) in [6, 6.07) is 9.19. The van der Waals surface area contributed by atoms with Crippen LogP contribution in [0, 0.1) is 0 Å². The van der Waals surface area contributed by atoms with Crippen molar-refractivity contribution < 1.29 is 41.8 Å². The van der Waals surface area contributed by atoms with Gasteiger partial charge < -0.3 is 25.8 Å². The zero-order valence-electron chi connectivity index (χ0n) is 23.4. The van der Waals surface area contributed by atoms with Gasteiger partial charge in [0.15, 0.2) is 0 Å². The van der Waals surface area contributed by atoms with E-state index in [1.165, 1.54) is 38.4 Å². The highest BCUT2D eigenvalue weighted by Crippen LogP contribution is 2.37. The molecular formula is C27H28F3N7O6P+. The average Bonchev–Trinajstić information content (AvgIpc) is 3.47. The van der Waals surface area contributed by atoms with Crippen LogP contribution in [0.1, 0.15) is 27.9 Å². The van der Waals surface area contributed by atoms with E-state index < -0.39 is 31.7 Å². The lowest BCUT2D eigenvalue weighted by atomic mass is 10.0. The maximum Gasteiger partial charge on any atom is 0.695 e. The van der Waals surface area contributed by atoms with Crippen LogP contribution >= 0.6 is 8.25 Å². The van der Waals surface area contributed by atoms with Crippen LogP contribution in [0.2, 0.25) is 0 Å². The van der Waals surface area contributed by atoms with E-state index in [0.29, 0.717) is 41.5 Å². The third-order valence-corrected chi connectivity index (χ3v) is 6.55. The van der Waals surface area contributed by atoms with Gasteiger partial charge in [-0.15, -0.1) is 9.42 Å². The molecule has 0 saturated heterocycles. The summed E-state index contributed by atoms with van der Waals surface area (Å²) >= 11 is 0. The Morgan fingerprint density at radius 3 is 2.55 bits per heavy atom. The number of aliphatic hydroxyl groups is 1. The Labute approximate surface area is 250 Å². The highest BCUT2D eigenvalue weighted by Gasteiger charge is 2.36. The van der Waals surface area contributed by atoms with Gasteiger partial charge in [-0.2, -0.15) is 23.3 Å². The second kappa shape index (κ2) is 14.2. The number of aryl methyl sites for hydroxylation is 1. The Balaban J connectivity index is 1.67. The van der Waals surface area contributed by atoms with E-state index in [9.17, 15) is 22.5 Å². The van der Waals surface area contributed by atoms with Gasteiger partial charge in [0.25, 0.3) is 5.91 Å². The van der Waals surface area contributed by atoms with E-state index in [-0.39, 0.29) is 36.2 Å². The lowest BCUT2D eigenvalue weighted by Gasteiger charge is -2.17. The van der Waals surface area contributed by atoms with Gasteiger partial charge in [0, 0.05) is 42.7 Å². The molecule has 13 nitrogen and oxygen atoms in total. The Hall–Kier alpha value is -4.63. The molecule has 0 aliphatic heterocycles. The normalized spacial score (nSPS) is 11.7. The maximum absolute atomic E-state index is 14.0. The molecule has 4 rings (SSSR count). The van der Waals surface area contributed by atoms with Gasteiger partial charge in [-0.25, -0.2) is 4.98 Å². The maximum atomic E-state index is 14.0. The van der Waals surface area contributed by atoms with E-state index >= 15 is 0 Å². The number of carbonyl (C=O) groups is 1. The third-order valence-electron chi connectivity index (χ3n) is 6.20. The predicted octanol–water partition coefficient (Wildman–Crippen LogP) is 4.76. The van der Waals surface area contributed by atoms with E-state index in [2.05, 4.69) is 31.0 Å². The van der Waals surface area contributed by atoms with E-state index in [1.807, 2.05) is 0 Å². The molecule has 1 atom stereocenters. The molecule has 0 fully saturated rings. The molecule has 0 bridgehead atoms. The molecule has 232 valence electrons. The van der Waals surface area contributed by atoms with Crippen molar-refractivity contribution in [2.24, 2.45) is 0 Å². The number of halogens is 3. The number of rotatable bonds is 13. The van der Waals surface area contributed by atoms with E-state index in [4.69, 9.17) is 19.3 Å². The van der Waals surface area contributed by atoms with Gasteiger partial charge in [-0.05, 0) is 41.8 Å². The molecule has 0 radical (unpaired) electrons. The minimum Gasteiger partial charge on any atom is -0.495 e. The molecular weight excluding hydrogens is 606 g/mol. The fourth-order valence-electron chi connectivity index (χ4n) is 4.07. The van der Waals surface area contributed by atoms with Crippen molar-refractivity contribution in [2.75, 3.05) is 31.4 Å². The molecule has 44 heavy (non-hydrogen) atoms. The van der Waals surface area contributed by atoms with Crippen molar-refractivity contribution in [3.05, 3.63) is 71.7 Å². The number of nitrogens with one attached hydrogen (secondary N) is 3. The second-order valence-corrected chi connectivity index (χ2v) is 9.89. The van der Waals surface area contributed by atoms with Gasteiger partial charge in [0.05, 0.1) is 30.2 Å². The smallest absolute Gasteiger partial charge is 0.495 e. The average molecular weight is 635 g/mol. The zero-order valence-corrected chi connectivity index (χ0v) is 24.3. The first-order valence-corrected chi connectivity index (χ1v) is 14.1. The summed E-state index contributed by atoms with van der Waals surface area (Å²) < 4.78 is 64.5. The fraction of sp³-hybridized carbons (Fsp3) is 0.259. The number of alkyl halides is 3. The Morgan fingerprint density at radius 1 is 1.09 bits per heavy atom. The topological polar surface area (TPSA) is 173 Å². The summed E-state index contributed by atoms with van der Waals surface area (Å²) in [5.41, 5.74) is 1.00. The molecule has 17 heteroatoms. The summed E-state index contributed by atoms with van der Waals surface area (Å²) in [7, 11) is -0.0477. The molecule has 1 amide bonds. The molecule has 4 aromatic rings. The van der Waals surface area contributed by atoms with Gasteiger partial charge in [-0.1, -0.05) is 12.1 Å². The van der Waals surface area contributed by atoms with Crippen LogP contribution in [-0.2, 0) is 28.4 Å². The molecule has 0 aliphatic carbocycles. The number of anilines is 4. The third kappa shape index (κ3) is 8.05. The molecule has 0 saturated carbocycles. The molecule has 2 aromatic heterocycles. The first kappa shape index (κ1) is 32.3. The van der Waals surface area contributed by atoms with Gasteiger partial charge in [0.2, 0.25) is 5.95 Å². The van der Waals surface area contributed by atoms with Gasteiger partial charge in [0.1, 0.15) is 23.7 Å². The molecule has 2 aromatic carbocycles. The van der Waals surface area contributed by atoms with Crippen LogP contribution in [0.15, 0.2) is 55.0 Å². The fourth-order valence-corrected chi connectivity index (χ4v) is 4.33. The van der Waals surface area contributed by atoms with Crippen LogP contribution in [0.25, 0.3) is 11.1 Å². The van der Waals surface area contributed by atoms with Crippen LogP contribution in [-0.4, -0.2) is 56.4 Å². The molecule has 0 spiro atoms. The first-order valence-electron chi connectivity index (χ1n) is 13.0. The first-order chi connectivity index (χ1) is 21.0. The van der Waals surface area contributed by atoms with Crippen LogP contribution in [0.4, 0.5) is 36.3 Å². The van der Waals surface area contributed by atoms with E-state index in [1.54, 1.807) is 29.2 Å². The number of hydrogen-bond donors (Lipinski definition) is 5. The SMILES string of the molecule is CNC(=O)c1cc(-c2cnn(CCCO)c2)ccc1Nc1nc(Nc2ccc(CO[P+](=O)O)cc2OC)ncc1C(F)(F)F. The summed E-state index contributed by atoms with van der Waals surface area (Å²) in [6.07, 6.45) is -0.397. The number of carbonyl (C=O) groups excluding carboxylic acids is 1. The summed E-state index contributed by atoms with van der Waals surface area (Å²) in [4.78, 5) is 29.5. The molecule has 2 heterocycles. The van der Waals surface area contributed by atoms with Crippen molar-refractivity contribution in [1.82, 2.24) is 25.1 Å². The number of amides is 1. The molecule has 0 aliphatic rings.